The maximum atomic E-state index is 5.90. The van der Waals surface area contributed by atoms with Gasteiger partial charge in [0.2, 0.25) is 0 Å². The average molecular weight is 298 g/mol. The molecule has 110 valence electrons. The van der Waals surface area contributed by atoms with E-state index in [4.69, 9.17) is 23.6 Å². The predicted molar refractivity (Wildman–Crippen MR) is 82.8 cm³/mol. The molecule has 0 heterocycles. The van der Waals surface area contributed by atoms with Crippen molar-refractivity contribution >= 4 is 23.6 Å². The second kappa shape index (κ2) is 8.63. The topological polar surface area (TPSA) is 3.24 Å². The molecule has 4 heteroatoms. The second-order valence-electron chi connectivity index (χ2n) is 6.29. The summed E-state index contributed by atoms with van der Waals surface area (Å²) in [5.41, 5.74) is -0.152. The molecule has 0 saturated heterocycles. The third kappa shape index (κ3) is 7.18. The first kappa shape index (κ1) is 18.5. The summed E-state index contributed by atoms with van der Waals surface area (Å²) in [6, 6.07) is 0. The van der Waals surface area contributed by atoms with Gasteiger partial charge in [0.1, 0.15) is 0 Å². The van der Waals surface area contributed by atoms with Crippen molar-refractivity contribution in [2.24, 2.45) is 0 Å². The van der Waals surface area contributed by atoms with Gasteiger partial charge in [0.15, 0.2) is 0 Å². The van der Waals surface area contributed by atoms with E-state index in [2.05, 4.69) is 34.7 Å². The first-order chi connectivity index (χ1) is 8.27. The van der Waals surface area contributed by atoms with Crippen molar-refractivity contribution in [3.05, 3.63) is 0 Å². The summed E-state index contributed by atoms with van der Waals surface area (Å²) in [4.78, 5) is 0. The SMILES string of the molecule is CCCC[N+](C)(CCCC)CCC(C)(C)N(Cl)Cl. The van der Waals surface area contributed by atoms with Gasteiger partial charge in [0, 0.05) is 6.42 Å². The lowest BCUT2D eigenvalue weighted by molar-refractivity contribution is -0.910. The number of rotatable bonds is 10. The van der Waals surface area contributed by atoms with Crippen LogP contribution in [0.15, 0.2) is 0 Å². The van der Waals surface area contributed by atoms with E-state index in [0.29, 0.717) is 0 Å². The summed E-state index contributed by atoms with van der Waals surface area (Å²) in [5, 5.41) is 0. The quantitative estimate of drug-likeness (QED) is 0.413. The fourth-order valence-corrected chi connectivity index (χ4v) is 2.21. The lowest BCUT2D eigenvalue weighted by Gasteiger charge is -2.38. The number of quaternary nitrogens is 1. The van der Waals surface area contributed by atoms with Crippen LogP contribution in [0.5, 0.6) is 0 Å². The van der Waals surface area contributed by atoms with Gasteiger partial charge in [-0.3, -0.25) is 0 Å². The van der Waals surface area contributed by atoms with Gasteiger partial charge < -0.3 is 4.48 Å². The second-order valence-corrected chi connectivity index (χ2v) is 7.14. The Morgan fingerprint density at radius 1 is 0.944 bits per heavy atom. The van der Waals surface area contributed by atoms with E-state index in [1.807, 2.05) is 0 Å². The normalized spacial score (nSPS) is 13.3. The summed E-state index contributed by atoms with van der Waals surface area (Å²) in [6.07, 6.45) is 6.14. The summed E-state index contributed by atoms with van der Waals surface area (Å²) in [6.45, 7) is 12.4. The molecule has 0 unspecified atom stereocenters. The molecule has 0 amide bonds. The van der Waals surface area contributed by atoms with Crippen LogP contribution in [0.3, 0.4) is 0 Å². The molecular weight excluding hydrogens is 267 g/mol. The summed E-state index contributed by atoms with van der Waals surface area (Å²) in [5.74, 6) is 0. The Morgan fingerprint density at radius 3 is 1.72 bits per heavy atom. The van der Waals surface area contributed by atoms with Gasteiger partial charge in [0.05, 0.1) is 32.2 Å². The largest absolute Gasteiger partial charge is 0.326 e. The molecule has 0 saturated carbocycles. The van der Waals surface area contributed by atoms with Crippen LogP contribution in [0.2, 0.25) is 0 Å². The van der Waals surface area contributed by atoms with E-state index >= 15 is 0 Å². The highest BCUT2D eigenvalue weighted by molar-refractivity contribution is 6.34. The number of unbranched alkanes of at least 4 members (excludes halogenated alkanes) is 2. The number of hydrogen-bond donors (Lipinski definition) is 0. The molecule has 0 aromatic carbocycles. The average Bonchev–Trinajstić information content (AvgIpc) is 2.32. The molecule has 0 fully saturated rings. The third-order valence-electron chi connectivity index (χ3n) is 3.82. The molecule has 0 aromatic rings. The molecule has 0 bridgehead atoms. The zero-order valence-corrected chi connectivity index (χ0v) is 14.3. The maximum absolute atomic E-state index is 5.90. The molecule has 0 atom stereocenters. The minimum Gasteiger partial charge on any atom is -0.326 e. The highest BCUT2D eigenvalue weighted by atomic mass is 35.5. The Hall–Kier alpha value is 0.500. The van der Waals surface area contributed by atoms with Crippen LogP contribution < -0.4 is 0 Å². The van der Waals surface area contributed by atoms with Gasteiger partial charge in [-0.05, 0) is 50.2 Å². The molecule has 0 N–H and O–H groups in total. The monoisotopic (exact) mass is 297 g/mol. The Labute approximate surface area is 124 Å². The number of halogens is 2. The first-order valence-corrected chi connectivity index (χ1v) is 7.90. The smallest absolute Gasteiger partial charge is 0.0803 e. The van der Waals surface area contributed by atoms with Crippen molar-refractivity contribution in [3.63, 3.8) is 0 Å². The Balaban J connectivity index is 4.39. The van der Waals surface area contributed by atoms with Gasteiger partial charge >= 0.3 is 0 Å². The van der Waals surface area contributed by atoms with Crippen LogP contribution >= 0.6 is 23.6 Å². The lowest BCUT2D eigenvalue weighted by atomic mass is 10.0. The van der Waals surface area contributed by atoms with Gasteiger partial charge in [-0.1, -0.05) is 26.7 Å². The standard InChI is InChI=1S/C14H31Cl2N2/c1-6-8-11-18(5,12-9-7-2)13-10-14(3,4)17(15)16/h6-13H2,1-5H3/q+1. The molecule has 0 rings (SSSR count). The van der Waals surface area contributed by atoms with Gasteiger partial charge in [-0.25, -0.2) is 0 Å². The van der Waals surface area contributed by atoms with E-state index in [0.717, 1.165) is 17.4 Å². The lowest BCUT2D eigenvalue weighted by Crippen LogP contribution is -2.49. The van der Waals surface area contributed by atoms with E-state index in [1.165, 1.54) is 42.7 Å². The van der Waals surface area contributed by atoms with Crippen LogP contribution in [0.25, 0.3) is 0 Å². The van der Waals surface area contributed by atoms with Crippen LogP contribution in [0, 0.1) is 0 Å². The summed E-state index contributed by atoms with van der Waals surface area (Å²) < 4.78 is 2.45. The minimum atomic E-state index is -0.152. The molecule has 0 aliphatic carbocycles. The molecule has 0 aliphatic rings. The fourth-order valence-electron chi connectivity index (χ4n) is 2.04. The molecule has 0 radical (unpaired) electrons. The number of nitrogens with zero attached hydrogens (tertiary/aromatic N) is 2. The zero-order chi connectivity index (χ0) is 14.2. The van der Waals surface area contributed by atoms with Crippen molar-refractivity contribution < 1.29 is 4.48 Å². The molecule has 2 nitrogen and oxygen atoms in total. The van der Waals surface area contributed by atoms with E-state index in [-0.39, 0.29) is 5.54 Å². The molecule has 0 aromatic heterocycles. The minimum absolute atomic E-state index is 0.152. The van der Waals surface area contributed by atoms with Crippen molar-refractivity contribution in [2.45, 2.75) is 65.3 Å². The Bertz CT molecular complexity index is 210. The van der Waals surface area contributed by atoms with Crippen LogP contribution in [-0.4, -0.2) is 40.6 Å². The molecule has 0 aliphatic heterocycles. The zero-order valence-electron chi connectivity index (χ0n) is 12.8. The van der Waals surface area contributed by atoms with E-state index in [1.54, 1.807) is 0 Å². The Morgan fingerprint density at radius 2 is 1.39 bits per heavy atom. The molecule has 18 heavy (non-hydrogen) atoms. The summed E-state index contributed by atoms with van der Waals surface area (Å²) in [7, 11) is 2.37. The van der Waals surface area contributed by atoms with Crippen LogP contribution in [0.4, 0.5) is 0 Å². The highest BCUT2D eigenvalue weighted by Crippen LogP contribution is 2.25. The van der Waals surface area contributed by atoms with E-state index in [9.17, 15) is 0 Å². The van der Waals surface area contributed by atoms with Crippen LogP contribution in [-0.2, 0) is 0 Å². The van der Waals surface area contributed by atoms with Crippen molar-refractivity contribution in [1.29, 1.82) is 0 Å². The summed E-state index contributed by atoms with van der Waals surface area (Å²) >= 11 is 11.8. The van der Waals surface area contributed by atoms with Crippen molar-refractivity contribution in [1.82, 2.24) is 3.94 Å². The van der Waals surface area contributed by atoms with Gasteiger partial charge in [0.25, 0.3) is 0 Å². The predicted octanol–water partition coefficient (Wildman–Crippen LogP) is 4.81. The molecular formula is C14H31Cl2N2+. The van der Waals surface area contributed by atoms with Crippen molar-refractivity contribution in [3.8, 4) is 0 Å². The molecule has 0 spiro atoms. The van der Waals surface area contributed by atoms with Gasteiger partial charge in [-0.2, -0.15) is 0 Å². The van der Waals surface area contributed by atoms with E-state index < -0.39 is 0 Å². The van der Waals surface area contributed by atoms with Gasteiger partial charge in [-0.15, -0.1) is 3.94 Å². The maximum Gasteiger partial charge on any atom is 0.0803 e. The highest BCUT2D eigenvalue weighted by Gasteiger charge is 2.29. The third-order valence-corrected chi connectivity index (χ3v) is 4.74. The first-order valence-electron chi connectivity index (χ1n) is 7.23. The van der Waals surface area contributed by atoms with Crippen LogP contribution in [0.1, 0.15) is 59.8 Å². The Kier molecular flexibility index (Phi) is 8.87. The van der Waals surface area contributed by atoms with Crippen molar-refractivity contribution in [2.75, 3.05) is 26.7 Å². The number of hydrogen-bond acceptors (Lipinski definition) is 1. The fraction of sp³-hybridized carbons (Fsp3) is 1.00.